The van der Waals surface area contributed by atoms with Crippen LogP contribution in [0.25, 0.3) is 45.0 Å². The van der Waals surface area contributed by atoms with Crippen LogP contribution < -0.4 is 46.1 Å². The SMILES string of the molecule is C.CC(F)(F)Oc1ccc(NC(=O)Nc2cc(-c3ccc(Cl)cc3)nn2-c2ccc(F)cc2)cc1.Cc1ccc(-n2nc(-c3ccc(OC(F)(F)F)cc3)cc2NC(=O)Nc2ccc(OC(C)(F)F)cc2)cc1C.Cn1nc(C(F)(F)F)c(-c2cccc(C(C)(F)F)c2)c1NC(=O)Nc1ccc(F)cc1. The second-order valence-electron chi connectivity index (χ2n) is 22.8. The molecule has 0 spiro atoms. The summed E-state index contributed by atoms with van der Waals surface area (Å²) in [5, 5.41) is 28.3. The van der Waals surface area contributed by atoms with E-state index < -0.39 is 77.2 Å². The summed E-state index contributed by atoms with van der Waals surface area (Å²) < 4.78 is 201. The first-order valence-corrected chi connectivity index (χ1v) is 30.8. The summed E-state index contributed by atoms with van der Waals surface area (Å²) >= 11 is 5.96. The van der Waals surface area contributed by atoms with Gasteiger partial charge in [0.15, 0.2) is 5.69 Å². The summed E-state index contributed by atoms with van der Waals surface area (Å²) in [4.78, 5) is 37.7. The van der Waals surface area contributed by atoms with Gasteiger partial charge in [-0.05, 0) is 182 Å². The minimum atomic E-state index is -4.91. The molecule has 0 fully saturated rings. The third-order valence-electron chi connectivity index (χ3n) is 14.4. The lowest BCUT2D eigenvalue weighted by molar-refractivity contribution is -0.274. The van der Waals surface area contributed by atoms with Crippen LogP contribution in [0.3, 0.4) is 0 Å². The first-order valence-electron chi connectivity index (χ1n) is 30.4. The lowest BCUT2D eigenvalue weighted by Crippen LogP contribution is -2.21. The molecule has 3 aromatic heterocycles. The number of hydrogen-bond donors (Lipinski definition) is 6. The molecule has 0 atom stereocenters. The van der Waals surface area contributed by atoms with Crippen LogP contribution in [-0.2, 0) is 19.1 Å². The molecule has 33 heteroatoms. The van der Waals surface area contributed by atoms with Gasteiger partial charge < -0.3 is 30.2 Å². The van der Waals surface area contributed by atoms with Crippen molar-refractivity contribution in [2.75, 3.05) is 31.9 Å². The van der Waals surface area contributed by atoms with E-state index in [-0.39, 0.29) is 47.6 Å². The third kappa shape index (κ3) is 22.5. The average molecular weight is 1490 g/mol. The second kappa shape index (κ2) is 32.5. The third-order valence-corrected chi connectivity index (χ3v) is 14.6. The highest BCUT2D eigenvalue weighted by Crippen LogP contribution is 2.43. The van der Waals surface area contributed by atoms with Crippen molar-refractivity contribution in [3.05, 3.63) is 239 Å². The number of benzene rings is 8. The van der Waals surface area contributed by atoms with Crippen LogP contribution in [0.1, 0.15) is 50.6 Å². The van der Waals surface area contributed by atoms with Gasteiger partial charge in [0.25, 0.3) is 5.92 Å². The minimum Gasteiger partial charge on any atom is -0.433 e. The molecule has 0 radical (unpaired) electrons. The maximum atomic E-state index is 13.7. The zero-order chi connectivity index (χ0) is 75.6. The van der Waals surface area contributed by atoms with Gasteiger partial charge in [0.05, 0.1) is 28.3 Å². The van der Waals surface area contributed by atoms with Gasteiger partial charge >= 0.3 is 42.8 Å². The molecule has 0 aliphatic rings. The Morgan fingerprint density at radius 1 is 0.438 bits per heavy atom. The average Bonchev–Trinajstić information content (AvgIpc) is 1.61. The van der Waals surface area contributed by atoms with Crippen LogP contribution in [0.15, 0.2) is 200 Å². The van der Waals surface area contributed by atoms with Crippen LogP contribution >= 0.6 is 11.6 Å². The summed E-state index contributed by atoms with van der Waals surface area (Å²) in [5.41, 5.74) is 3.63. The van der Waals surface area contributed by atoms with E-state index in [1.165, 1.54) is 138 Å². The van der Waals surface area contributed by atoms with E-state index in [0.717, 1.165) is 45.6 Å². The van der Waals surface area contributed by atoms with Crippen molar-refractivity contribution in [2.45, 2.75) is 72.7 Å². The number of amides is 6. The molecule has 8 aromatic carbocycles. The Kier molecular flexibility index (Phi) is 24.3. The highest BCUT2D eigenvalue weighted by molar-refractivity contribution is 6.30. The number of aromatic nitrogens is 6. The molecule has 105 heavy (non-hydrogen) atoms. The lowest BCUT2D eigenvalue weighted by atomic mass is 10.00. The summed E-state index contributed by atoms with van der Waals surface area (Å²) in [6, 6.07) is 44.4. The van der Waals surface area contributed by atoms with E-state index in [2.05, 4.69) is 61.4 Å². The van der Waals surface area contributed by atoms with E-state index in [0.29, 0.717) is 71.3 Å². The standard InChI is InChI=1S/C27H23F5N4O3.C24H18ClF3N4O2.C20H16F6N4O.CH4/c1-16-4-9-20(14-17(16)2)36-24(15-23(35-36)18-5-10-22(11-6-18)39-27(30,31)32)34-25(37)33-19-7-12-21(13-8-19)38-26(3,28)29;1-24(27,28)34-20-12-8-18(9-13-20)29-23(33)30-22-14-21(15-2-4-16(25)5-3-15)31-32(22)19-10-6-17(26)7-11-19;1-19(22,23)12-5-3-4-11(10-12)15-16(20(24,25)26)29-30(2)17(15)28-18(31)27-14-8-6-13(21)7-9-14;/h4-15H,1-3H3,(H2,33,34,37);2-14H,1H3,(H2,29,30,33);3-10H,1-2H3,(H2,27,28,31);1H4. The normalized spacial score (nSPS) is 11.5. The fraction of sp³-hybridized carbons (Fsp3) is 0.167. The number of hydrogen-bond acceptors (Lipinski definition) is 9. The highest BCUT2D eigenvalue weighted by atomic mass is 35.5. The van der Waals surface area contributed by atoms with Crippen LogP contribution in [0.4, 0.5) is 110 Å². The predicted octanol–water partition coefficient (Wildman–Crippen LogP) is 21.3. The quantitative estimate of drug-likeness (QED) is 0.0479. The number of nitrogens with one attached hydrogen (secondary N) is 6. The number of anilines is 6. The van der Waals surface area contributed by atoms with Crippen molar-refractivity contribution >= 4 is 64.2 Å². The van der Waals surface area contributed by atoms with Crippen LogP contribution in [0.2, 0.25) is 5.02 Å². The fourth-order valence-corrected chi connectivity index (χ4v) is 9.70. The van der Waals surface area contributed by atoms with Gasteiger partial charge in [0.1, 0.15) is 46.3 Å². The number of halogens is 15. The molecule has 0 aliphatic carbocycles. The Labute approximate surface area is 594 Å². The molecule has 550 valence electrons. The van der Waals surface area contributed by atoms with Gasteiger partial charge in [-0.2, -0.15) is 46.0 Å². The number of aryl methyl sites for hydroxylation is 3. The summed E-state index contributed by atoms with van der Waals surface area (Å²) in [6.07, 6.45) is -16.4. The van der Waals surface area contributed by atoms with Crippen molar-refractivity contribution in [2.24, 2.45) is 7.05 Å². The Balaban J connectivity index is 0.000000200. The highest BCUT2D eigenvalue weighted by Gasteiger charge is 2.40. The minimum absolute atomic E-state index is 0. The molecule has 0 aliphatic heterocycles. The predicted molar refractivity (Wildman–Crippen MR) is 369 cm³/mol. The summed E-state index contributed by atoms with van der Waals surface area (Å²) in [6.45, 7) is 5.74. The molecule has 6 N–H and O–H groups in total. The van der Waals surface area contributed by atoms with Crippen molar-refractivity contribution in [1.29, 1.82) is 0 Å². The van der Waals surface area contributed by atoms with Crippen LogP contribution in [0.5, 0.6) is 17.2 Å². The molecule has 18 nitrogen and oxygen atoms in total. The van der Waals surface area contributed by atoms with Gasteiger partial charge in [-0.15, -0.1) is 13.2 Å². The maximum Gasteiger partial charge on any atom is 0.573 e. The summed E-state index contributed by atoms with van der Waals surface area (Å²) in [5.74, 6) is -4.49. The Morgan fingerprint density at radius 2 is 0.848 bits per heavy atom. The van der Waals surface area contributed by atoms with Crippen molar-refractivity contribution in [3.63, 3.8) is 0 Å². The molecule has 0 saturated heterocycles. The maximum absolute atomic E-state index is 13.7. The number of nitrogens with zero attached hydrogens (tertiary/aromatic N) is 6. The smallest absolute Gasteiger partial charge is 0.433 e. The number of carbonyl (C=O) groups is 3. The zero-order valence-electron chi connectivity index (χ0n) is 54.9. The van der Waals surface area contributed by atoms with E-state index >= 15 is 0 Å². The zero-order valence-corrected chi connectivity index (χ0v) is 55.6. The molecule has 0 saturated carbocycles. The molecule has 11 aromatic rings. The van der Waals surface area contributed by atoms with E-state index in [9.17, 15) is 75.8 Å². The number of ether oxygens (including phenoxy) is 3. The number of carbonyl (C=O) groups excluding carboxylic acids is 3. The van der Waals surface area contributed by atoms with Crippen molar-refractivity contribution in [1.82, 2.24) is 29.3 Å². The van der Waals surface area contributed by atoms with Gasteiger partial charge in [-0.25, -0.2) is 41.3 Å². The fourth-order valence-electron chi connectivity index (χ4n) is 9.58. The second-order valence-corrected chi connectivity index (χ2v) is 23.2. The Bertz CT molecular complexity index is 4810. The van der Waals surface area contributed by atoms with Crippen molar-refractivity contribution < 1.29 is 90.1 Å². The van der Waals surface area contributed by atoms with Crippen LogP contribution in [0, 0.1) is 25.5 Å². The molecule has 0 bridgehead atoms. The molecule has 0 unspecified atom stereocenters. The van der Waals surface area contributed by atoms with Gasteiger partial charge in [-0.1, -0.05) is 55.4 Å². The number of alkyl halides is 12. The van der Waals surface area contributed by atoms with Gasteiger partial charge in [0, 0.05) is 78.7 Å². The van der Waals surface area contributed by atoms with Gasteiger partial charge in [0.2, 0.25) is 0 Å². The molecule has 11 rings (SSSR count). The van der Waals surface area contributed by atoms with E-state index in [4.69, 9.17) is 11.6 Å². The first kappa shape index (κ1) is 78.6. The monoisotopic (exact) mass is 1490 g/mol. The van der Waals surface area contributed by atoms with E-state index in [1.54, 1.807) is 36.4 Å². The molecular weight excluding hydrogens is 1430 g/mol. The molecular formula is C72H61ClF14N12O6. The van der Waals surface area contributed by atoms with Crippen molar-refractivity contribution in [3.8, 4) is 62.3 Å². The summed E-state index contributed by atoms with van der Waals surface area (Å²) in [7, 11) is 1.17. The van der Waals surface area contributed by atoms with Gasteiger partial charge in [-0.3, -0.25) is 20.6 Å². The Morgan fingerprint density at radius 3 is 1.29 bits per heavy atom. The topological polar surface area (TPSA) is 205 Å². The molecule has 6 amide bonds. The first-order chi connectivity index (χ1) is 48.8. The van der Waals surface area contributed by atoms with E-state index in [1.807, 2.05) is 32.0 Å². The lowest BCUT2D eigenvalue weighted by Gasteiger charge is -2.14. The number of urea groups is 3. The molecule has 3 heterocycles. The Hall–Kier alpha value is -12.1. The van der Waals surface area contributed by atoms with Crippen LogP contribution in [-0.4, -0.2) is 66.0 Å². The number of rotatable bonds is 17. The largest absolute Gasteiger partial charge is 0.573 e.